The third-order valence-corrected chi connectivity index (χ3v) is 3.93. The van der Waals surface area contributed by atoms with Gasteiger partial charge in [-0.15, -0.1) is 11.7 Å². The van der Waals surface area contributed by atoms with Crippen LogP contribution in [0.4, 0.5) is 5.69 Å². The average molecular weight is 281 g/mol. The van der Waals surface area contributed by atoms with Gasteiger partial charge in [-0.25, -0.2) is 0 Å². The van der Waals surface area contributed by atoms with Crippen molar-refractivity contribution in [1.29, 1.82) is 0 Å². The molecular formula is C17H19N3O. The lowest BCUT2D eigenvalue weighted by molar-refractivity contribution is -0.112. The van der Waals surface area contributed by atoms with Gasteiger partial charge in [-0.05, 0) is 31.7 Å². The summed E-state index contributed by atoms with van der Waals surface area (Å²) in [5, 5.41) is 8.62. The topological polar surface area (TPSA) is 45.0 Å². The summed E-state index contributed by atoms with van der Waals surface area (Å²) in [5.74, 6) is -0.0868. The molecule has 1 saturated carbocycles. The molecule has 0 unspecified atom stereocenters. The molecule has 1 amide bonds. The fourth-order valence-corrected chi connectivity index (χ4v) is 2.85. The predicted molar refractivity (Wildman–Crippen MR) is 86.0 cm³/mol. The summed E-state index contributed by atoms with van der Waals surface area (Å²) in [6, 6.07) is 7.72. The minimum absolute atomic E-state index is 0.0868. The van der Waals surface area contributed by atoms with Gasteiger partial charge in [-0.1, -0.05) is 30.7 Å². The Labute approximate surface area is 124 Å². The fourth-order valence-electron chi connectivity index (χ4n) is 2.85. The van der Waals surface area contributed by atoms with Crippen molar-refractivity contribution in [2.75, 3.05) is 11.4 Å². The summed E-state index contributed by atoms with van der Waals surface area (Å²) in [5.41, 5.74) is 3.32. The van der Waals surface area contributed by atoms with E-state index in [1.54, 1.807) is 11.0 Å². The molecule has 0 saturated heterocycles. The maximum absolute atomic E-state index is 12.5. The summed E-state index contributed by atoms with van der Waals surface area (Å²) < 4.78 is 0. The standard InChI is InChI=1S/C17H19N3O/c1-2-12-20-15-11-7-6-10-14(15)16(17(20)21)19-18-13-8-4-3-5-9-13/h2,6-7,10-11H,1,3-5,8-9,12H2/b19-16+. The van der Waals surface area contributed by atoms with Crippen LogP contribution >= 0.6 is 0 Å². The highest BCUT2D eigenvalue weighted by molar-refractivity contribution is 6.54. The normalized spacial score (nSPS) is 19.8. The molecule has 0 atom stereocenters. The highest BCUT2D eigenvalue weighted by Crippen LogP contribution is 2.29. The highest BCUT2D eigenvalue weighted by atomic mass is 16.2. The van der Waals surface area contributed by atoms with Crippen LogP contribution in [0.5, 0.6) is 0 Å². The van der Waals surface area contributed by atoms with Crippen LogP contribution in [0.3, 0.4) is 0 Å². The summed E-state index contributed by atoms with van der Waals surface area (Å²) in [6.45, 7) is 4.21. The van der Waals surface area contributed by atoms with E-state index in [1.165, 1.54) is 19.3 Å². The van der Waals surface area contributed by atoms with Crippen LogP contribution in [0.25, 0.3) is 0 Å². The van der Waals surface area contributed by atoms with Gasteiger partial charge >= 0.3 is 0 Å². The zero-order valence-corrected chi connectivity index (χ0v) is 12.1. The van der Waals surface area contributed by atoms with Crippen molar-refractivity contribution in [1.82, 2.24) is 0 Å². The number of amides is 1. The molecule has 0 bridgehead atoms. The molecule has 1 aliphatic carbocycles. The van der Waals surface area contributed by atoms with Crippen molar-refractivity contribution in [2.45, 2.75) is 32.1 Å². The molecule has 1 aromatic rings. The third kappa shape index (κ3) is 2.66. The van der Waals surface area contributed by atoms with Gasteiger partial charge in [0.2, 0.25) is 0 Å². The molecule has 3 rings (SSSR count). The van der Waals surface area contributed by atoms with Crippen LogP contribution in [-0.4, -0.2) is 23.9 Å². The second-order valence-electron chi connectivity index (χ2n) is 5.40. The van der Waals surface area contributed by atoms with Crippen molar-refractivity contribution in [3.63, 3.8) is 0 Å². The molecular weight excluding hydrogens is 262 g/mol. The third-order valence-electron chi connectivity index (χ3n) is 3.93. The van der Waals surface area contributed by atoms with E-state index in [0.29, 0.717) is 12.3 Å². The van der Waals surface area contributed by atoms with Crippen molar-refractivity contribution >= 4 is 23.0 Å². The van der Waals surface area contributed by atoms with E-state index in [2.05, 4.69) is 16.8 Å². The van der Waals surface area contributed by atoms with Crippen molar-refractivity contribution in [3.8, 4) is 0 Å². The molecule has 108 valence electrons. The quantitative estimate of drug-likeness (QED) is 0.619. The first-order valence-corrected chi connectivity index (χ1v) is 7.47. The first kappa shape index (κ1) is 13.7. The van der Waals surface area contributed by atoms with Crippen LogP contribution in [0.1, 0.15) is 37.7 Å². The number of para-hydroxylation sites is 1. The number of fused-ring (bicyclic) bond motifs is 1. The molecule has 1 heterocycles. The zero-order chi connectivity index (χ0) is 14.7. The van der Waals surface area contributed by atoms with E-state index < -0.39 is 0 Å². The molecule has 1 aromatic carbocycles. The van der Waals surface area contributed by atoms with E-state index in [1.807, 2.05) is 24.3 Å². The van der Waals surface area contributed by atoms with Crippen LogP contribution < -0.4 is 4.90 Å². The fraction of sp³-hybridized carbons (Fsp3) is 0.353. The van der Waals surface area contributed by atoms with Crippen LogP contribution in [0.15, 0.2) is 47.1 Å². The van der Waals surface area contributed by atoms with Gasteiger partial charge < -0.3 is 4.90 Å². The Morgan fingerprint density at radius 3 is 2.67 bits per heavy atom. The molecule has 0 aromatic heterocycles. The number of rotatable bonds is 3. The number of carbonyl (C=O) groups excluding carboxylic acids is 1. The van der Waals surface area contributed by atoms with Crippen molar-refractivity contribution in [3.05, 3.63) is 42.5 Å². The lowest BCUT2D eigenvalue weighted by Gasteiger charge is -2.13. The molecule has 21 heavy (non-hydrogen) atoms. The SMILES string of the molecule is C=CCN1C(=O)/C(=N/N=C2CCCCC2)c2ccccc21. The van der Waals surface area contributed by atoms with E-state index >= 15 is 0 Å². The smallest absolute Gasteiger partial charge is 0.279 e. The Morgan fingerprint density at radius 1 is 1.14 bits per heavy atom. The second kappa shape index (κ2) is 6.04. The largest absolute Gasteiger partial charge is 0.302 e. The van der Waals surface area contributed by atoms with Crippen LogP contribution in [-0.2, 0) is 4.79 Å². The maximum Gasteiger partial charge on any atom is 0.279 e. The number of nitrogens with zero attached hydrogens (tertiary/aromatic N) is 3. The molecule has 1 fully saturated rings. The first-order valence-electron chi connectivity index (χ1n) is 7.47. The Hall–Kier alpha value is -2.23. The average Bonchev–Trinajstić information content (AvgIpc) is 2.79. The van der Waals surface area contributed by atoms with Gasteiger partial charge in [0.15, 0.2) is 5.71 Å². The molecule has 4 heteroatoms. The van der Waals surface area contributed by atoms with E-state index in [4.69, 9.17) is 0 Å². The van der Waals surface area contributed by atoms with Crippen LogP contribution in [0.2, 0.25) is 0 Å². The van der Waals surface area contributed by atoms with Crippen molar-refractivity contribution in [2.24, 2.45) is 10.2 Å². The summed E-state index contributed by atoms with van der Waals surface area (Å²) in [4.78, 5) is 14.2. The van der Waals surface area contributed by atoms with Crippen molar-refractivity contribution < 1.29 is 4.79 Å². The number of hydrogen-bond donors (Lipinski definition) is 0. The Kier molecular flexibility index (Phi) is 3.95. The molecule has 2 aliphatic rings. The van der Waals surface area contributed by atoms with E-state index in [9.17, 15) is 4.79 Å². The number of benzene rings is 1. The Morgan fingerprint density at radius 2 is 1.90 bits per heavy atom. The molecule has 4 nitrogen and oxygen atoms in total. The summed E-state index contributed by atoms with van der Waals surface area (Å²) >= 11 is 0. The number of carbonyl (C=O) groups is 1. The Bertz CT molecular complexity index is 623. The molecule has 1 aliphatic heterocycles. The number of anilines is 1. The van der Waals surface area contributed by atoms with E-state index in [0.717, 1.165) is 29.8 Å². The Balaban J connectivity index is 1.95. The van der Waals surface area contributed by atoms with Gasteiger partial charge in [0.1, 0.15) is 0 Å². The first-order chi connectivity index (χ1) is 10.3. The maximum atomic E-state index is 12.5. The summed E-state index contributed by atoms with van der Waals surface area (Å²) in [7, 11) is 0. The van der Waals surface area contributed by atoms with Gasteiger partial charge in [-0.2, -0.15) is 5.10 Å². The zero-order valence-electron chi connectivity index (χ0n) is 12.1. The highest BCUT2D eigenvalue weighted by Gasteiger charge is 2.33. The molecule has 0 spiro atoms. The van der Waals surface area contributed by atoms with Gasteiger partial charge in [-0.3, -0.25) is 4.79 Å². The summed E-state index contributed by atoms with van der Waals surface area (Å²) in [6.07, 6.45) is 7.36. The lowest BCUT2D eigenvalue weighted by atomic mass is 9.99. The monoisotopic (exact) mass is 281 g/mol. The molecule has 0 radical (unpaired) electrons. The van der Waals surface area contributed by atoms with Gasteiger partial charge in [0, 0.05) is 17.8 Å². The minimum Gasteiger partial charge on any atom is -0.302 e. The molecule has 0 N–H and O–H groups in total. The number of hydrogen-bond acceptors (Lipinski definition) is 3. The van der Waals surface area contributed by atoms with Gasteiger partial charge in [0.05, 0.1) is 5.69 Å². The minimum atomic E-state index is -0.0868. The van der Waals surface area contributed by atoms with E-state index in [-0.39, 0.29) is 5.91 Å². The second-order valence-corrected chi connectivity index (χ2v) is 5.40. The lowest BCUT2D eigenvalue weighted by Crippen LogP contribution is -2.30. The predicted octanol–water partition coefficient (Wildman–Crippen LogP) is 3.33. The van der Waals surface area contributed by atoms with Gasteiger partial charge in [0.25, 0.3) is 5.91 Å². The van der Waals surface area contributed by atoms with Crippen LogP contribution in [0, 0.1) is 0 Å².